The van der Waals surface area contributed by atoms with Crippen LogP contribution in [0.5, 0.6) is 0 Å². The van der Waals surface area contributed by atoms with Gasteiger partial charge in [-0.1, -0.05) is 70.8 Å². The first-order chi connectivity index (χ1) is 30.4. The number of benzene rings is 1. The number of amides is 3. The van der Waals surface area contributed by atoms with Crippen LogP contribution in [-0.2, 0) is 49.2 Å². The zero-order chi connectivity index (χ0) is 48.5. The molecule has 15 atom stereocenters. The first-order valence-electron chi connectivity index (χ1n) is 23.0. The molecule has 0 saturated carbocycles. The van der Waals surface area contributed by atoms with Gasteiger partial charge >= 0.3 is 24.2 Å². The number of Topliss-reactive ketones (excluding diaryl/α,β-unsaturated/α-hetero) is 1. The van der Waals surface area contributed by atoms with Crippen molar-refractivity contribution < 1.29 is 62.2 Å². The minimum atomic E-state index is -1.52. The van der Waals surface area contributed by atoms with Gasteiger partial charge in [-0.25, -0.2) is 19.3 Å². The standard InChI is InChI=1S/C47H71Cl2N3O13/c1-14-35-47(11)39(51(43(56)65-47)18-17-31-15-16-32(48)33(49)20-31)28(7)36(53)25(4)21-46(10,59-13)40(64-42-37(54)34(19-27(6)61-42)50(12)22-24(2)3)29(8)38(30(9)41(55)62-35)63-45(58)52-26(5)23-60-44(52)57/h15-16,20,24-30,34-35,37-40,42,54H,14,17-19,21-23H2,1-13H3/t25-,26+,27-,28-,29+,30-,34+,35+,37-,38+,39-,40-,42+,46+,47-/m1/s1. The maximum absolute atomic E-state index is 15.0. The third-order valence-corrected chi connectivity index (χ3v) is 14.8. The molecule has 1 aromatic rings. The highest BCUT2D eigenvalue weighted by atomic mass is 35.5. The molecule has 65 heavy (non-hydrogen) atoms. The van der Waals surface area contributed by atoms with Crippen LogP contribution in [0.4, 0.5) is 14.4 Å². The SMILES string of the molecule is CC[C@@H]1OC(=O)[C@H](C)[C@@H](OC(=O)N2C(=O)OC[C@@H]2C)[C@H](C)[C@@H](O[C@@H]2O[C@H](C)C[C@H](N(C)CC(C)C)[C@H]2O)[C@@](C)(OC)C[C@@H](C)C(=O)[C@@H](C)[C@H]2N(CCc3ccc(Cl)c(Cl)c3)C(=O)O[C@]12C. The van der Waals surface area contributed by atoms with Crippen molar-refractivity contribution in [1.29, 1.82) is 0 Å². The number of carbonyl (C=O) groups excluding carboxylic acids is 5. The van der Waals surface area contributed by atoms with Crippen LogP contribution in [0, 0.1) is 29.6 Å². The molecular weight excluding hydrogens is 885 g/mol. The maximum atomic E-state index is 15.0. The fourth-order valence-electron chi connectivity index (χ4n) is 10.6. The molecule has 0 bridgehead atoms. The largest absolute Gasteiger partial charge is 0.458 e. The lowest BCUT2D eigenvalue weighted by Gasteiger charge is -2.49. The number of aliphatic hydroxyl groups excluding tert-OH is 1. The molecule has 18 heteroatoms. The number of ether oxygens (including phenoxy) is 7. The average molecular weight is 957 g/mol. The van der Waals surface area contributed by atoms with Crippen LogP contribution in [-0.4, -0.2) is 150 Å². The van der Waals surface area contributed by atoms with E-state index in [-0.39, 0.29) is 43.9 Å². The smallest absolute Gasteiger partial charge is 0.419 e. The minimum absolute atomic E-state index is 0.0461. The van der Waals surface area contributed by atoms with Crippen molar-refractivity contribution in [2.75, 3.05) is 33.9 Å². The summed E-state index contributed by atoms with van der Waals surface area (Å²) in [5.41, 5.74) is -2.11. The van der Waals surface area contributed by atoms with Crippen molar-refractivity contribution in [2.24, 2.45) is 29.6 Å². The predicted molar refractivity (Wildman–Crippen MR) is 241 cm³/mol. The van der Waals surface area contributed by atoms with Crippen LogP contribution < -0.4 is 0 Å². The summed E-state index contributed by atoms with van der Waals surface area (Å²) in [6.07, 6.45) is -7.80. The Bertz CT molecular complexity index is 1890. The van der Waals surface area contributed by atoms with Crippen LogP contribution in [0.3, 0.4) is 0 Å². The number of hydrogen-bond donors (Lipinski definition) is 1. The highest BCUT2D eigenvalue weighted by Crippen LogP contribution is 2.44. The molecule has 0 radical (unpaired) electrons. The van der Waals surface area contributed by atoms with Crippen molar-refractivity contribution >= 4 is 53.2 Å². The van der Waals surface area contributed by atoms with Gasteiger partial charge in [-0.05, 0) is 91.0 Å². The van der Waals surface area contributed by atoms with Crippen LogP contribution >= 0.6 is 23.2 Å². The number of likely N-dealkylation sites (N-methyl/N-ethyl adjacent to an activating group) is 1. The van der Waals surface area contributed by atoms with Crippen molar-refractivity contribution in [3.8, 4) is 0 Å². The van der Waals surface area contributed by atoms with Gasteiger partial charge < -0.3 is 43.2 Å². The molecule has 0 aromatic heterocycles. The summed E-state index contributed by atoms with van der Waals surface area (Å²) < 4.78 is 43.5. The molecule has 366 valence electrons. The molecule has 4 fully saturated rings. The Morgan fingerprint density at radius 2 is 1.69 bits per heavy atom. The lowest BCUT2D eigenvalue weighted by Crippen LogP contribution is -2.61. The summed E-state index contributed by atoms with van der Waals surface area (Å²) in [4.78, 5) is 75.1. The van der Waals surface area contributed by atoms with Gasteiger partial charge in [-0.15, -0.1) is 0 Å². The fraction of sp³-hybridized carbons (Fsp3) is 0.766. The number of carbonyl (C=O) groups is 5. The van der Waals surface area contributed by atoms with E-state index in [2.05, 4.69) is 18.7 Å². The second-order valence-corrected chi connectivity index (χ2v) is 20.4. The van der Waals surface area contributed by atoms with E-state index in [0.717, 1.165) is 10.5 Å². The lowest BCUT2D eigenvalue weighted by atomic mass is 9.73. The fourth-order valence-corrected chi connectivity index (χ4v) is 10.9. The minimum Gasteiger partial charge on any atom is -0.458 e. The topological polar surface area (TPSA) is 180 Å². The van der Waals surface area contributed by atoms with Gasteiger partial charge in [0, 0.05) is 44.0 Å². The number of esters is 1. The highest BCUT2D eigenvalue weighted by Gasteiger charge is 2.61. The van der Waals surface area contributed by atoms with Gasteiger partial charge in [0.1, 0.15) is 30.7 Å². The summed E-state index contributed by atoms with van der Waals surface area (Å²) in [7, 11) is 3.42. The summed E-state index contributed by atoms with van der Waals surface area (Å²) in [6.45, 7) is 20.5. The van der Waals surface area contributed by atoms with Crippen LogP contribution in [0.25, 0.3) is 0 Å². The summed E-state index contributed by atoms with van der Waals surface area (Å²) in [5.74, 6) is -4.48. The molecule has 4 aliphatic rings. The number of aliphatic hydroxyl groups is 1. The molecular formula is C47H71Cl2N3O13. The van der Waals surface area contributed by atoms with Crippen molar-refractivity contribution in [2.45, 2.75) is 168 Å². The quantitative estimate of drug-likeness (QED) is 0.170. The van der Waals surface area contributed by atoms with Gasteiger partial charge in [0.25, 0.3) is 0 Å². The maximum Gasteiger partial charge on any atom is 0.419 e. The Kier molecular flexibility index (Phi) is 17.3. The number of methoxy groups -OCH3 is 1. The van der Waals surface area contributed by atoms with Gasteiger partial charge in [-0.3, -0.25) is 14.5 Å². The van der Waals surface area contributed by atoms with E-state index in [1.165, 1.54) is 12.0 Å². The Balaban J connectivity index is 1.62. The number of fused-ring (bicyclic) bond motifs is 1. The number of rotatable bonds is 11. The Morgan fingerprint density at radius 3 is 2.28 bits per heavy atom. The number of ketones is 1. The Labute approximate surface area is 394 Å². The summed E-state index contributed by atoms with van der Waals surface area (Å²) in [6, 6.07) is 3.27. The van der Waals surface area contributed by atoms with Crippen molar-refractivity contribution in [1.82, 2.24) is 14.7 Å². The van der Waals surface area contributed by atoms with E-state index < -0.39 is 102 Å². The molecule has 4 heterocycles. The van der Waals surface area contributed by atoms with Crippen molar-refractivity contribution in [3.63, 3.8) is 0 Å². The number of nitrogens with zero attached hydrogens (tertiary/aromatic N) is 3. The summed E-state index contributed by atoms with van der Waals surface area (Å²) in [5, 5.41) is 12.7. The molecule has 0 aliphatic carbocycles. The zero-order valence-corrected chi connectivity index (χ0v) is 41.7. The highest BCUT2D eigenvalue weighted by molar-refractivity contribution is 6.42. The molecule has 0 spiro atoms. The third-order valence-electron chi connectivity index (χ3n) is 14.0. The van der Waals surface area contributed by atoms with Gasteiger partial charge in [0.15, 0.2) is 11.9 Å². The van der Waals surface area contributed by atoms with Crippen LogP contribution in [0.1, 0.15) is 101 Å². The second-order valence-electron chi connectivity index (χ2n) is 19.6. The van der Waals surface area contributed by atoms with Crippen LogP contribution in [0.15, 0.2) is 18.2 Å². The average Bonchev–Trinajstić information content (AvgIpc) is 3.72. The molecule has 1 N–H and O–H groups in total. The molecule has 3 amide bonds. The van der Waals surface area contributed by atoms with Gasteiger partial charge in [-0.2, -0.15) is 0 Å². The molecule has 1 aromatic carbocycles. The predicted octanol–water partition coefficient (Wildman–Crippen LogP) is 7.54. The molecule has 16 nitrogen and oxygen atoms in total. The van der Waals surface area contributed by atoms with E-state index in [1.807, 2.05) is 14.0 Å². The number of halogens is 2. The molecule has 5 rings (SSSR count). The van der Waals surface area contributed by atoms with E-state index in [0.29, 0.717) is 35.3 Å². The van der Waals surface area contributed by atoms with Gasteiger partial charge in [0.05, 0.1) is 45.9 Å². The van der Waals surface area contributed by atoms with Crippen molar-refractivity contribution in [3.05, 3.63) is 33.8 Å². The summed E-state index contributed by atoms with van der Waals surface area (Å²) >= 11 is 12.5. The number of cyclic esters (lactones) is 2. The van der Waals surface area contributed by atoms with E-state index in [4.69, 9.17) is 56.4 Å². The van der Waals surface area contributed by atoms with Gasteiger partial charge in [0.2, 0.25) is 0 Å². The Hall–Kier alpha value is -3.25. The first-order valence-corrected chi connectivity index (χ1v) is 23.7. The van der Waals surface area contributed by atoms with Crippen LogP contribution in [0.2, 0.25) is 10.0 Å². The normalized spacial score (nSPS) is 37.5. The van der Waals surface area contributed by atoms with E-state index in [1.54, 1.807) is 73.6 Å². The van der Waals surface area contributed by atoms with E-state index >= 15 is 4.79 Å². The number of hydrogen-bond acceptors (Lipinski definition) is 14. The lowest BCUT2D eigenvalue weighted by molar-refractivity contribution is -0.302. The Morgan fingerprint density at radius 1 is 1.02 bits per heavy atom. The monoisotopic (exact) mass is 955 g/mol. The third kappa shape index (κ3) is 11.2. The van der Waals surface area contributed by atoms with E-state index in [9.17, 15) is 24.3 Å². The second kappa shape index (κ2) is 21.4. The first kappa shape index (κ1) is 52.7. The zero-order valence-electron chi connectivity index (χ0n) is 40.2. The number of imide groups is 1. The molecule has 4 aliphatic heterocycles. The molecule has 4 saturated heterocycles. The molecule has 0 unspecified atom stereocenters.